The molecule has 1 saturated heterocycles. The normalized spacial score (nSPS) is 13.9. The summed E-state index contributed by atoms with van der Waals surface area (Å²) in [5, 5.41) is 15.1. The molecule has 0 spiro atoms. The highest BCUT2D eigenvalue weighted by molar-refractivity contribution is 5.70. The SMILES string of the molecule is COc1ccc(CCNc2ncnc(N3CCN(Cc4ccccc4)CC3)c2[N+](=O)[O-])cc1OC. The standard InChI is InChI=1S/C25H30N6O4/c1-34-21-9-8-19(16-22(21)35-2)10-11-26-24-23(31(32)33)25(28-18-27-24)30-14-12-29(13-15-30)17-20-6-4-3-5-7-20/h3-9,16,18H,10-15,17H2,1-2H3,(H,26,27,28). The summed E-state index contributed by atoms with van der Waals surface area (Å²) >= 11 is 0. The Labute approximate surface area is 204 Å². The summed E-state index contributed by atoms with van der Waals surface area (Å²) in [7, 11) is 3.18. The van der Waals surface area contributed by atoms with Gasteiger partial charge in [-0.15, -0.1) is 0 Å². The smallest absolute Gasteiger partial charge is 0.353 e. The highest BCUT2D eigenvalue weighted by Gasteiger charge is 2.29. The maximum Gasteiger partial charge on any atom is 0.353 e. The first kappa shape index (κ1) is 24.2. The maximum atomic E-state index is 12.0. The van der Waals surface area contributed by atoms with Crippen LogP contribution in [-0.2, 0) is 13.0 Å². The van der Waals surface area contributed by atoms with Crippen LogP contribution in [0.3, 0.4) is 0 Å². The molecule has 0 saturated carbocycles. The second-order valence-electron chi connectivity index (χ2n) is 8.27. The molecule has 2 heterocycles. The van der Waals surface area contributed by atoms with Crippen LogP contribution in [0.4, 0.5) is 17.3 Å². The zero-order valence-electron chi connectivity index (χ0n) is 20.0. The first-order valence-electron chi connectivity index (χ1n) is 11.5. The van der Waals surface area contributed by atoms with Crippen LogP contribution in [0.5, 0.6) is 11.5 Å². The van der Waals surface area contributed by atoms with Gasteiger partial charge in [0.05, 0.1) is 19.1 Å². The molecule has 184 valence electrons. The fraction of sp³-hybridized carbons (Fsp3) is 0.360. The molecular formula is C25H30N6O4. The Hall–Kier alpha value is -3.92. The summed E-state index contributed by atoms with van der Waals surface area (Å²) < 4.78 is 10.6. The zero-order chi connectivity index (χ0) is 24.6. The summed E-state index contributed by atoms with van der Waals surface area (Å²) in [6.45, 7) is 4.27. The first-order valence-corrected chi connectivity index (χ1v) is 11.5. The molecule has 3 aromatic rings. The van der Waals surface area contributed by atoms with Crippen molar-refractivity contribution in [3.63, 3.8) is 0 Å². The number of rotatable bonds is 10. The molecule has 35 heavy (non-hydrogen) atoms. The topological polar surface area (TPSA) is 106 Å². The van der Waals surface area contributed by atoms with E-state index in [9.17, 15) is 10.1 Å². The molecular weight excluding hydrogens is 448 g/mol. The minimum absolute atomic E-state index is 0.0867. The van der Waals surface area contributed by atoms with Crippen LogP contribution in [-0.4, -0.2) is 66.7 Å². The highest BCUT2D eigenvalue weighted by Crippen LogP contribution is 2.33. The summed E-state index contributed by atoms with van der Waals surface area (Å²) in [5.74, 6) is 1.89. The van der Waals surface area contributed by atoms with Crippen molar-refractivity contribution >= 4 is 17.3 Å². The highest BCUT2D eigenvalue weighted by atomic mass is 16.6. The lowest BCUT2D eigenvalue weighted by Gasteiger charge is -2.35. The molecule has 0 aliphatic carbocycles. The van der Waals surface area contributed by atoms with Crippen molar-refractivity contribution in [3.05, 3.63) is 76.1 Å². The number of methoxy groups -OCH3 is 2. The van der Waals surface area contributed by atoms with E-state index in [0.29, 0.717) is 43.4 Å². The Morgan fingerprint density at radius 3 is 2.40 bits per heavy atom. The minimum Gasteiger partial charge on any atom is -0.493 e. The Kier molecular flexibility index (Phi) is 7.94. The number of anilines is 2. The number of aromatic nitrogens is 2. The molecule has 10 heteroatoms. The van der Waals surface area contributed by atoms with Crippen molar-refractivity contribution in [3.8, 4) is 11.5 Å². The van der Waals surface area contributed by atoms with Gasteiger partial charge in [0, 0.05) is 39.3 Å². The van der Waals surface area contributed by atoms with Crippen LogP contribution in [0.2, 0.25) is 0 Å². The van der Waals surface area contributed by atoms with Crippen molar-refractivity contribution in [1.82, 2.24) is 14.9 Å². The quantitative estimate of drug-likeness (QED) is 0.347. The van der Waals surface area contributed by atoms with Crippen LogP contribution in [0.25, 0.3) is 0 Å². The van der Waals surface area contributed by atoms with E-state index in [4.69, 9.17) is 9.47 Å². The van der Waals surface area contributed by atoms with Gasteiger partial charge in [-0.2, -0.15) is 0 Å². The van der Waals surface area contributed by atoms with Gasteiger partial charge in [0.2, 0.25) is 11.6 Å². The van der Waals surface area contributed by atoms with Gasteiger partial charge in [0.1, 0.15) is 6.33 Å². The Morgan fingerprint density at radius 1 is 0.971 bits per heavy atom. The van der Waals surface area contributed by atoms with Gasteiger partial charge in [-0.05, 0) is 29.7 Å². The number of nitro groups is 1. The molecule has 0 atom stereocenters. The number of benzene rings is 2. The maximum absolute atomic E-state index is 12.0. The van der Waals surface area contributed by atoms with E-state index in [1.165, 1.54) is 11.9 Å². The van der Waals surface area contributed by atoms with E-state index in [2.05, 4.69) is 32.3 Å². The van der Waals surface area contributed by atoms with Gasteiger partial charge in [-0.3, -0.25) is 15.0 Å². The van der Waals surface area contributed by atoms with E-state index in [0.717, 1.165) is 25.2 Å². The van der Waals surface area contributed by atoms with Crippen LogP contribution >= 0.6 is 0 Å². The van der Waals surface area contributed by atoms with Crippen molar-refractivity contribution in [2.75, 3.05) is 57.2 Å². The molecule has 1 N–H and O–H groups in total. The molecule has 1 aromatic heterocycles. The predicted molar refractivity (Wildman–Crippen MR) is 134 cm³/mol. The largest absolute Gasteiger partial charge is 0.493 e. The number of hydrogen-bond acceptors (Lipinski definition) is 9. The lowest BCUT2D eigenvalue weighted by molar-refractivity contribution is -0.383. The Bertz CT molecular complexity index is 1140. The third kappa shape index (κ3) is 5.96. The Morgan fingerprint density at radius 2 is 1.71 bits per heavy atom. The zero-order valence-corrected chi connectivity index (χ0v) is 20.0. The molecule has 0 radical (unpaired) electrons. The Balaban J connectivity index is 1.40. The van der Waals surface area contributed by atoms with Crippen LogP contribution in [0.15, 0.2) is 54.9 Å². The molecule has 0 unspecified atom stereocenters. The predicted octanol–water partition coefficient (Wildman–Crippen LogP) is 3.38. The van der Waals surface area contributed by atoms with Crippen LogP contribution < -0.4 is 19.7 Å². The summed E-state index contributed by atoms with van der Waals surface area (Å²) in [5.41, 5.74) is 2.19. The molecule has 1 aliphatic heterocycles. The number of nitrogens with zero attached hydrogens (tertiary/aromatic N) is 5. The summed E-state index contributed by atoms with van der Waals surface area (Å²) in [4.78, 5) is 24.4. The molecule has 0 amide bonds. The lowest BCUT2D eigenvalue weighted by atomic mass is 10.1. The van der Waals surface area contributed by atoms with Crippen LogP contribution in [0, 0.1) is 10.1 Å². The third-order valence-corrected chi connectivity index (χ3v) is 6.06. The van der Waals surface area contributed by atoms with E-state index >= 15 is 0 Å². The third-order valence-electron chi connectivity index (χ3n) is 6.06. The van der Waals surface area contributed by atoms with E-state index in [1.54, 1.807) is 14.2 Å². The van der Waals surface area contributed by atoms with Crippen molar-refractivity contribution < 1.29 is 14.4 Å². The molecule has 10 nitrogen and oxygen atoms in total. The van der Waals surface area contributed by atoms with Crippen LogP contribution in [0.1, 0.15) is 11.1 Å². The monoisotopic (exact) mass is 478 g/mol. The van der Waals surface area contributed by atoms with Gasteiger partial charge in [0.15, 0.2) is 11.5 Å². The second kappa shape index (κ2) is 11.5. The van der Waals surface area contributed by atoms with Gasteiger partial charge in [-0.25, -0.2) is 9.97 Å². The molecule has 2 aromatic carbocycles. The molecule has 1 aliphatic rings. The second-order valence-corrected chi connectivity index (χ2v) is 8.27. The minimum atomic E-state index is -0.398. The first-order chi connectivity index (χ1) is 17.1. The van der Waals surface area contributed by atoms with E-state index in [-0.39, 0.29) is 11.5 Å². The number of piperazine rings is 1. The fourth-order valence-corrected chi connectivity index (χ4v) is 4.22. The average molecular weight is 479 g/mol. The fourth-order valence-electron chi connectivity index (χ4n) is 4.22. The average Bonchev–Trinajstić information content (AvgIpc) is 2.89. The molecule has 4 rings (SSSR count). The van der Waals surface area contributed by atoms with Gasteiger partial charge >= 0.3 is 5.69 Å². The summed E-state index contributed by atoms with van der Waals surface area (Å²) in [6.07, 6.45) is 2.02. The molecule has 1 fully saturated rings. The van der Waals surface area contributed by atoms with Crippen molar-refractivity contribution in [2.45, 2.75) is 13.0 Å². The van der Waals surface area contributed by atoms with E-state index < -0.39 is 4.92 Å². The lowest BCUT2D eigenvalue weighted by Crippen LogP contribution is -2.46. The van der Waals surface area contributed by atoms with Gasteiger partial charge in [0.25, 0.3) is 0 Å². The number of hydrogen-bond donors (Lipinski definition) is 1. The van der Waals surface area contributed by atoms with Gasteiger partial charge in [-0.1, -0.05) is 36.4 Å². The van der Waals surface area contributed by atoms with Crippen molar-refractivity contribution in [1.29, 1.82) is 0 Å². The van der Waals surface area contributed by atoms with Crippen molar-refractivity contribution in [2.24, 2.45) is 0 Å². The summed E-state index contributed by atoms with van der Waals surface area (Å²) in [6, 6.07) is 16.0. The van der Waals surface area contributed by atoms with E-state index in [1.807, 2.05) is 41.3 Å². The van der Waals surface area contributed by atoms with Gasteiger partial charge < -0.3 is 19.7 Å². The number of ether oxygens (including phenoxy) is 2. The molecule has 0 bridgehead atoms. The number of nitrogens with one attached hydrogen (secondary N) is 1.